The molecule has 52 valence electrons. The number of hydrogen-bond acceptors (Lipinski definition) is 2. The highest BCUT2D eigenvalue weighted by Crippen LogP contribution is 1.98. The summed E-state index contributed by atoms with van der Waals surface area (Å²) < 4.78 is 0. The summed E-state index contributed by atoms with van der Waals surface area (Å²) in [6, 6.07) is 0. The van der Waals surface area contributed by atoms with Gasteiger partial charge in [0.1, 0.15) is 0 Å². The highest BCUT2D eigenvalue weighted by atomic mass is 14.7. The summed E-state index contributed by atoms with van der Waals surface area (Å²) in [6.45, 7) is 4.55. The molecule has 0 aromatic rings. The molecule has 0 aliphatic rings. The molecule has 2 nitrogen and oxygen atoms in total. The maximum Gasteiger partial charge on any atom is 0.0369 e. The van der Waals surface area contributed by atoms with E-state index in [4.69, 9.17) is 5.73 Å². The molecule has 0 aliphatic carbocycles. The zero-order valence-electron chi connectivity index (χ0n) is 6.09. The van der Waals surface area contributed by atoms with E-state index in [0.717, 1.165) is 12.1 Å². The Hall–Kier alpha value is -0.630. The third kappa shape index (κ3) is 3.91. The summed E-state index contributed by atoms with van der Waals surface area (Å²) in [4.78, 5) is 4.09. The first-order valence-electron chi connectivity index (χ1n) is 3.19. The minimum atomic E-state index is 0.678. The zero-order valence-corrected chi connectivity index (χ0v) is 6.09. The lowest BCUT2D eigenvalue weighted by Crippen LogP contribution is -1.98. The van der Waals surface area contributed by atoms with Crippen molar-refractivity contribution in [1.82, 2.24) is 0 Å². The number of nitrogens with zero attached hydrogens (tertiary/aromatic N) is 1. The number of allylic oxidation sites excluding steroid dienone is 1. The Morgan fingerprint density at radius 3 is 2.56 bits per heavy atom. The Morgan fingerprint density at radius 2 is 2.22 bits per heavy atom. The van der Waals surface area contributed by atoms with Crippen molar-refractivity contribution in [1.29, 1.82) is 0 Å². The lowest BCUT2D eigenvalue weighted by molar-refractivity contribution is 0.934. The van der Waals surface area contributed by atoms with Crippen LogP contribution in [-0.2, 0) is 0 Å². The topological polar surface area (TPSA) is 38.4 Å². The highest BCUT2D eigenvalue weighted by Gasteiger charge is 1.86. The summed E-state index contributed by atoms with van der Waals surface area (Å²) in [5, 5.41) is 0. The van der Waals surface area contributed by atoms with E-state index >= 15 is 0 Å². The minimum Gasteiger partial charge on any atom is -0.330 e. The molecule has 2 heteroatoms. The molecule has 0 atom stereocenters. The fraction of sp³-hybridized carbons (Fsp3) is 0.571. The first-order chi connectivity index (χ1) is 4.35. The second kappa shape index (κ2) is 5.51. The van der Waals surface area contributed by atoms with Crippen molar-refractivity contribution in [3.63, 3.8) is 0 Å². The lowest BCUT2D eigenvalue weighted by atomic mass is 10.3. The van der Waals surface area contributed by atoms with Crippen molar-refractivity contribution < 1.29 is 0 Å². The molecule has 0 heterocycles. The van der Waals surface area contributed by atoms with Crippen LogP contribution in [0.25, 0.3) is 0 Å². The number of aliphatic imine (C=N–C) groups is 1. The molecule has 0 fully saturated rings. The van der Waals surface area contributed by atoms with E-state index in [1.807, 2.05) is 19.9 Å². The number of hydrogen-bond donors (Lipinski definition) is 1. The van der Waals surface area contributed by atoms with Crippen LogP contribution in [0.5, 0.6) is 0 Å². The molecule has 0 radical (unpaired) electrons. The van der Waals surface area contributed by atoms with Crippen LogP contribution in [0.1, 0.15) is 20.3 Å². The van der Waals surface area contributed by atoms with Gasteiger partial charge in [0.2, 0.25) is 0 Å². The average molecular weight is 126 g/mol. The van der Waals surface area contributed by atoms with Crippen molar-refractivity contribution >= 4 is 6.21 Å². The summed E-state index contributed by atoms with van der Waals surface area (Å²) in [7, 11) is 0. The monoisotopic (exact) mass is 126 g/mol. The molecule has 9 heavy (non-hydrogen) atoms. The Bertz CT molecular complexity index is 114. The van der Waals surface area contributed by atoms with Gasteiger partial charge in [-0.15, -0.1) is 0 Å². The van der Waals surface area contributed by atoms with Crippen LogP contribution in [0.4, 0.5) is 0 Å². The van der Waals surface area contributed by atoms with E-state index in [2.05, 4.69) is 4.99 Å². The van der Waals surface area contributed by atoms with E-state index in [1.165, 1.54) is 0 Å². The van der Waals surface area contributed by atoms with Crippen LogP contribution in [0.3, 0.4) is 0 Å². The highest BCUT2D eigenvalue weighted by molar-refractivity contribution is 5.55. The Labute approximate surface area is 56.5 Å². The molecule has 0 aliphatic heterocycles. The minimum absolute atomic E-state index is 0.678. The van der Waals surface area contributed by atoms with Crippen molar-refractivity contribution in [2.75, 3.05) is 6.54 Å². The molecule has 0 aromatic heterocycles. The molecule has 0 amide bonds. The summed E-state index contributed by atoms with van der Waals surface area (Å²) >= 11 is 0. The van der Waals surface area contributed by atoms with E-state index < -0.39 is 0 Å². The summed E-state index contributed by atoms with van der Waals surface area (Å²) in [5.41, 5.74) is 6.39. The molecular weight excluding hydrogens is 112 g/mol. The Morgan fingerprint density at radius 1 is 1.56 bits per heavy atom. The van der Waals surface area contributed by atoms with Gasteiger partial charge in [-0.2, -0.15) is 0 Å². The standard InChI is InChI=1S/C7H14N2/c1-3-7(5-6-8)9-4-2/h3-4H,5-6,8H2,1-2H3/b7-3-,9-4-. The molecule has 0 saturated heterocycles. The predicted octanol–water partition coefficient (Wildman–Crippen LogP) is 1.33. The van der Waals surface area contributed by atoms with Crippen LogP contribution < -0.4 is 5.73 Å². The van der Waals surface area contributed by atoms with Gasteiger partial charge in [-0.05, 0) is 20.4 Å². The van der Waals surface area contributed by atoms with E-state index in [9.17, 15) is 0 Å². The van der Waals surface area contributed by atoms with Gasteiger partial charge in [0.15, 0.2) is 0 Å². The van der Waals surface area contributed by atoms with Crippen LogP contribution in [0.15, 0.2) is 16.8 Å². The van der Waals surface area contributed by atoms with Crippen LogP contribution >= 0.6 is 0 Å². The number of rotatable bonds is 3. The van der Waals surface area contributed by atoms with E-state index in [-0.39, 0.29) is 0 Å². The number of nitrogens with two attached hydrogens (primary N) is 1. The fourth-order valence-corrected chi connectivity index (χ4v) is 0.597. The molecule has 0 aromatic carbocycles. The van der Waals surface area contributed by atoms with Crippen molar-refractivity contribution in [2.24, 2.45) is 10.7 Å². The molecule has 0 spiro atoms. The van der Waals surface area contributed by atoms with E-state index in [0.29, 0.717) is 6.54 Å². The van der Waals surface area contributed by atoms with Gasteiger partial charge in [0.05, 0.1) is 0 Å². The Kier molecular flexibility index (Phi) is 5.12. The molecule has 0 bridgehead atoms. The third-order valence-electron chi connectivity index (χ3n) is 1.03. The van der Waals surface area contributed by atoms with Crippen molar-refractivity contribution in [2.45, 2.75) is 20.3 Å². The average Bonchev–Trinajstić information content (AvgIpc) is 1.88. The van der Waals surface area contributed by atoms with Gasteiger partial charge in [0, 0.05) is 18.3 Å². The molecular formula is C7H14N2. The fourth-order valence-electron chi connectivity index (χ4n) is 0.597. The largest absolute Gasteiger partial charge is 0.330 e. The van der Waals surface area contributed by atoms with Crippen molar-refractivity contribution in [3.05, 3.63) is 11.8 Å². The second-order valence-electron chi connectivity index (χ2n) is 1.71. The molecule has 0 unspecified atom stereocenters. The van der Waals surface area contributed by atoms with Gasteiger partial charge < -0.3 is 5.73 Å². The second-order valence-corrected chi connectivity index (χ2v) is 1.71. The van der Waals surface area contributed by atoms with Crippen LogP contribution in [0.2, 0.25) is 0 Å². The zero-order chi connectivity index (χ0) is 7.11. The summed E-state index contributed by atoms with van der Waals surface area (Å²) in [5.74, 6) is 0. The van der Waals surface area contributed by atoms with Gasteiger partial charge in [-0.3, -0.25) is 4.99 Å². The third-order valence-corrected chi connectivity index (χ3v) is 1.03. The van der Waals surface area contributed by atoms with Gasteiger partial charge in [-0.25, -0.2) is 0 Å². The quantitative estimate of drug-likeness (QED) is 0.569. The molecule has 2 N–H and O–H groups in total. The maximum absolute atomic E-state index is 5.32. The van der Waals surface area contributed by atoms with Gasteiger partial charge >= 0.3 is 0 Å². The maximum atomic E-state index is 5.32. The smallest absolute Gasteiger partial charge is 0.0369 e. The lowest BCUT2D eigenvalue weighted by Gasteiger charge is -1.94. The SMILES string of the molecule is C/C=N\C(=C/C)CCN. The van der Waals surface area contributed by atoms with Crippen LogP contribution in [-0.4, -0.2) is 12.8 Å². The first-order valence-corrected chi connectivity index (χ1v) is 3.19. The van der Waals surface area contributed by atoms with Gasteiger partial charge in [0.25, 0.3) is 0 Å². The van der Waals surface area contributed by atoms with E-state index in [1.54, 1.807) is 6.21 Å². The normalized spacial score (nSPS) is 13.0. The molecule has 0 rings (SSSR count). The first kappa shape index (κ1) is 8.37. The van der Waals surface area contributed by atoms with Crippen LogP contribution in [0, 0.1) is 0 Å². The Balaban J connectivity index is 3.70. The molecule has 0 saturated carbocycles. The predicted molar refractivity (Wildman–Crippen MR) is 41.6 cm³/mol. The summed E-state index contributed by atoms with van der Waals surface area (Å²) in [6.07, 6.45) is 4.64. The van der Waals surface area contributed by atoms with Crippen molar-refractivity contribution in [3.8, 4) is 0 Å². The van der Waals surface area contributed by atoms with Gasteiger partial charge in [-0.1, -0.05) is 6.08 Å².